The maximum atomic E-state index is 12.4. The van der Waals surface area contributed by atoms with E-state index in [1.807, 2.05) is 6.92 Å². The van der Waals surface area contributed by atoms with E-state index in [2.05, 4.69) is 20.8 Å². The third-order valence-electron chi connectivity index (χ3n) is 3.62. The van der Waals surface area contributed by atoms with Crippen LogP contribution in [0.3, 0.4) is 0 Å². The van der Waals surface area contributed by atoms with Gasteiger partial charge in [0.2, 0.25) is 0 Å². The SMILES string of the molecule is COC(=O)C1=C(CSc2nnc(C)s2)NC(=O)NC1c1ccccc1Cl. The first-order chi connectivity index (χ1) is 12.5. The fourth-order valence-corrected chi connectivity index (χ4v) is 4.53. The van der Waals surface area contributed by atoms with Gasteiger partial charge in [0.15, 0.2) is 4.34 Å². The lowest BCUT2D eigenvalue weighted by molar-refractivity contribution is -0.136. The summed E-state index contributed by atoms with van der Waals surface area (Å²) in [5.74, 6) is -0.195. The van der Waals surface area contributed by atoms with Crippen molar-refractivity contribution in [3.63, 3.8) is 0 Å². The molecule has 7 nitrogen and oxygen atoms in total. The van der Waals surface area contributed by atoms with E-state index in [0.717, 1.165) is 9.35 Å². The van der Waals surface area contributed by atoms with Crippen molar-refractivity contribution in [2.75, 3.05) is 12.9 Å². The van der Waals surface area contributed by atoms with Crippen molar-refractivity contribution in [1.82, 2.24) is 20.8 Å². The highest BCUT2D eigenvalue weighted by Crippen LogP contribution is 2.34. The molecule has 26 heavy (non-hydrogen) atoms. The molecule has 1 aromatic heterocycles. The predicted molar refractivity (Wildman–Crippen MR) is 100 cm³/mol. The van der Waals surface area contributed by atoms with Crippen LogP contribution >= 0.6 is 34.7 Å². The number of hydrogen-bond donors (Lipinski definition) is 2. The number of amides is 2. The van der Waals surface area contributed by atoms with Gasteiger partial charge in [-0.25, -0.2) is 9.59 Å². The Labute approximate surface area is 163 Å². The van der Waals surface area contributed by atoms with Gasteiger partial charge in [-0.15, -0.1) is 10.2 Å². The van der Waals surface area contributed by atoms with Crippen molar-refractivity contribution < 1.29 is 14.3 Å². The fraction of sp³-hybridized carbons (Fsp3) is 0.250. The summed E-state index contributed by atoms with van der Waals surface area (Å²) in [4.78, 5) is 24.6. The molecular weight excluding hydrogens is 396 g/mol. The lowest BCUT2D eigenvalue weighted by atomic mass is 9.95. The molecule has 0 saturated heterocycles. The number of aromatic nitrogens is 2. The Bertz CT molecular complexity index is 884. The first-order valence-corrected chi connectivity index (χ1v) is 9.73. The third-order valence-corrected chi connectivity index (χ3v) is 5.97. The monoisotopic (exact) mass is 410 g/mol. The molecule has 1 atom stereocenters. The van der Waals surface area contributed by atoms with Crippen molar-refractivity contribution >= 4 is 46.7 Å². The van der Waals surface area contributed by atoms with E-state index in [-0.39, 0.29) is 0 Å². The Hall–Kier alpha value is -2.10. The molecule has 1 aliphatic rings. The molecule has 0 radical (unpaired) electrons. The maximum Gasteiger partial charge on any atom is 0.338 e. The van der Waals surface area contributed by atoms with E-state index in [9.17, 15) is 9.59 Å². The van der Waals surface area contributed by atoms with E-state index in [1.54, 1.807) is 24.3 Å². The van der Waals surface area contributed by atoms with E-state index in [1.165, 1.54) is 30.2 Å². The van der Waals surface area contributed by atoms with Gasteiger partial charge in [0, 0.05) is 16.5 Å². The minimum absolute atomic E-state index is 0.314. The Morgan fingerprint density at radius 1 is 1.38 bits per heavy atom. The summed E-state index contributed by atoms with van der Waals surface area (Å²) in [6, 6.07) is 5.94. The van der Waals surface area contributed by atoms with Crippen molar-refractivity contribution in [3.8, 4) is 0 Å². The molecule has 1 aliphatic heterocycles. The summed E-state index contributed by atoms with van der Waals surface area (Å²) in [7, 11) is 1.30. The Morgan fingerprint density at radius 2 is 2.15 bits per heavy atom. The standard InChI is InChI=1S/C16H15ClN4O3S2/c1-8-20-21-16(26-8)25-7-11-12(14(22)24-2)13(19-15(23)18-11)9-5-3-4-6-10(9)17/h3-6,13H,7H2,1-2H3,(H2,18,19,23). The number of carbonyl (C=O) groups is 2. The predicted octanol–water partition coefficient (Wildman–Crippen LogP) is 3.07. The third kappa shape index (κ3) is 4.00. The van der Waals surface area contributed by atoms with Gasteiger partial charge >= 0.3 is 12.0 Å². The first-order valence-electron chi connectivity index (χ1n) is 7.55. The average molecular weight is 411 g/mol. The number of ether oxygens (including phenoxy) is 1. The fourth-order valence-electron chi connectivity index (χ4n) is 2.50. The highest BCUT2D eigenvalue weighted by atomic mass is 35.5. The van der Waals surface area contributed by atoms with Crippen molar-refractivity contribution in [1.29, 1.82) is 0 Å². The zero-order valence-electron chi connectivity index (χ0n) is 13.9. The Balaban J connectivity index is 1.98. The minimum atomic E-state index is -0.698. The van der Waals surface area contributed by atoms with Crippen LogP contribution in [0.1, 0.15) is 16.6 Å². The van der Waals surface area contributed by atoms with Crippen LogP contribution in [-0.2, 0) is 9.53 Å². The molecule has 0 bridgehead atoms. The average Bonchev–Trinajstić information content (AvgIpc) is 3.04. The summed E-state index contributed by atoms with van der Waals surface area (Å²) >= 11 is 9.10. The number of carbonyl (C=O) groups excluding carboxylic acids is 2. The second kappa shape index (κ2) is 8.07. The van der Waals surface area contributed by atoms with E-state index in [0.29, 0.717) is 27.6 Å². The quantitative estimate of drug-likeness (QED) is 0.581. The first kappa shape index (κ1) is 18.7. The van der Waals surface area contributed by atoms with Crippen LogP contribution in [0.4, 0.5) is 4.79 Å². The molecule has 1 aromatic carbocycles. The summed E-state index contributed by atoms with van der Waals surface area (Å²) in [5, 5.41) is 14.7. The molecule has 2 aromatic rings. The van der Waals surface area contributed by atoms with E-state index in [4.69, 9.17) is 16.3 Å². The van der Waals surface area contributed by atoms with Gasteiger partial charge in [0.1, 0.15) is 5.01 Å². The van der Waals surface area contributed by atoms with E-state index < -0.39 is 18.0 Å². The largest absolute Gasteiger partial charge is 0.466 e. The number of thioether (sulfide) groups is 1. The second-order valence-corrected chi connectivity index (χ2v) is 8.12. The van der Waals surface area contributed by atoms with Gasteiger partial charge in [-0.2, -0.15) is 0 Å². The van der Waals surface area contributed by atoms with Crippen molar-refractivity contribution in [2.24, 2.45) is 0 Å². The molecule has 1 unspecified atom stereocenters. The summed E-state index contributed by atoms with van der Waals surface area (Å²) < 4.78 is 5.69. The topological polar surface area (TPSA) is 93.2 Å². The number of urea groups is 1. The number of benzene rings is 1. The Kier molecular flexibility index (Phi) is 5.80. The number of rotatable bonds is 5. The number of esters is 1. The molecule has 0 saturated carbocycles. The van der Waals surface area contributed by atoms with Crippen LogP contribution < -0.4 is 10.6 Å². The zero-order chi connectivity index (χ0) is 18.7. The molecule has 0 aliphatic carbocycles. The summed E-state index contributed by atoms with van der Waals surface area (Å²) in [6.45, 7) is 1.86. The van der Waals surface area contributed by atoms with Crippen molar-refractivity contribution in [2.45, 2.75) is 17.3 Å². The molecule has 10 heteroatoms. The number of halogens is 1. The van der Waals surface area contributed by atoms with Crippen LogP contribution in [0.25, 0.3) is 0 Å². The molecule has 2 amide bonds. The molecule has 2 heterocycles. The smallest absolute Gasteiger partial charge is 0.338 e. The van der Waals surface area contributed by atoms with Crippen LogP contribution in [-0.4, -0.2) is 35.1 Å². The van der Waals surface area contributed by atoms with Gasteiger partial charge in [0.25, 0.3) is 0 Å². The minimum Gasteiger partial charge on any atom is -0.466 e. The lowest BCUT2D eigenvalue weighted by Crippen LogP contribution is -2.46. The van der Waals surface area contributed by atoms with E-state index >= 15 is 0 Å². The highest BCUT2D eigenvalue weighted by Gasteiger charge is 2.34. The summed E-state index contributed by atoms with van der Waals surface area (Å²) in [6.07, 6.45) is 0. The van der Waals surface area contributed by atoms with Crippen molar-refractivity contribution in [3.05, 3.63) is 51.1 Å². The highest BCUT2D eigenvalue weighted by molar-refractivity contribution is 8.01. The zero-order valence-corrected chi connectivity index (χ0v) is 16.3. The number of hydrogen-bond acceptors (Lipinski definition) is 7. The molecule has 0 spiro atoms. The number of nitrogens with zero attached hydrogens (tertiary/aromatic N) is 2. The van der Waals surface area contributed by atoms with Crippen LogP contribution in [0, 0.1) is 6.92 Å². The molecular formula is C16H15ClN4O3S2. The number of methoxy groups -OCH3 is 1. The lowest BCUT2D eigenvalue weighted by Gasteiger charge is -2.29. The number of aryl methyl sites for hydroxylation is 1. The molecule has 2 N–H and O–H groups in total. The van der Waals surface area contributed by atoms with Gasteiger partial charge in [-0.1, -0.05) is 52.9 Å². The normalized spacial score (nSPS) is 16.9. The number of nitrogens with one attached hydrogen (secondary N) is 2. The van der Waals surface area contributed by atoms with Crippen LogP contribution in [0.15, 0.2) is 39.9 Å². The van der Waals surface area contributed by atoms with Gasteiger partial charge in [-0.05, 0) is 18.6 Å². The van der Waals surface area contributed by atoms with Crippen LogP contribution in [0.2, 0.25) is 5.02 Å². The Morgan fingerprint density at radius 3 is 2.81 bits per heavy atom. The molecule has 3 rings (SSSR count). The maximum absolute atomic E-state index is 12.4. The van der Waals surface area contributed by atoms with Gasteiger partial charge in [0.05, 0.1) is 18.7 Å². The van der Waals surface area contributed by atoms with Crippen LogP contribution in [0.5, 0.6) is 0 Å². The van der Waals surface area contributed by atoms with Gasteiger partial charge < -0.3 is 15.4 Å². The molecule has 0 fully saturated rings. The summed E-state index contributed by atoms with van der Waals surface area (Å²) in [5.41, 5.74) is 1.40. The second-order valence-electron chi connectivity index (χ2n) is 5.31. The molecule has 136 valence electrons. The van der Waals surface area contributed by atoms with Gasteiger partial charge in [-0.3, -0.25) is 0 Å².